The van der Waals surface area contributed by atoms with E-state index < -0.39 is 97.5 Å². The van der Waals surface area contributed by atoms with Gasteiger partial charge in [0.25, 0.3) is 0 Å². The number of ether oxygens (including phenoxy) is 4. The first-order valence-electron chi connectivity index (χ1n) is 36.4. The highest BCUT2D eigenvalue weighted by Gasteiger charge is 2.30. The summed E-state index contributed by atoms with van der Waals surface area (Å²) >= 11 is 0. The van der Waals surface area contributed by atoms with E-state index >= 15 is 0 Å². The number of rotatable bonds is 66. The number of hydrogen-bond acceptors (Lipinski definition) is 15. The summed E-state index contributed by atoms with van der Waals surface area (Å²) in [6.07, 6.45) is 81.4. The standard InChI is InChI=1S/C79H126O17P2/c1-5-9-13-17-21-25-29-32-35-36-39-41-45-48-52-56-60-64-77(82)89-69-74(95-78(83)65-61-57-53-49-43-28-24-20-16-12-8-4)71-93-97(85,86)91-67-73(80)68-92-98(87,88)94-72-75(96-79(84)66-62-58-54-50-46-42-38-34-31-27-23-19-15-11-7-3)70-90-76(81)63-59-55-51-47-44-40-37-33-30-26-22-18-14-10-6-2/h9-11,13-15,21-23,25-27,32-35,37-39,41,44,46-47,50,55,58-59,62,73-75,80H,5-8,12,16-20,24,28-31,36,40,42-43,45,48-49,51-54,56-57,60-61,63-72H2,1-4H3,(H,85,86)(H,87,88)/b13-9-,14-10-,15-11-,25-21-,26-22-,27-23-,35-32-,37-33-,38-34-,41-39-,47-44-,50-46-,59-55-,62-58-. The number of aliphatic hydroxyl groups is 1. The third-order valence-electron chi connectivity index (χ3n) is 14.3. The average molecular weight is 1410 g/mol. The molecule has 0 heterocycles. The van der Waals surface area contributed by atoms with E-state index in [0.29, 0.717) is 25.7 Å². The normalized spacial score (nSPS) is 15.0. The molecule has 0 aromatic carbocycles. The van der Waals surface area contributed by atoms with E-state index in [9.17, 15) is 43.2 Å². The molecule has 17 nitrogen and oxygen atoms in total. The van der Waals surface area contributed by atoms with Crippen molar-refractivity contribution in [3.63, 3.8) is 0 Å². The molecule has 0 radical (unpaired) electrons. The molecule has 0 fully saturated rings. The fraction of sp³-hybridized carbons (Fsp3) is 0.595. The Labute approximate surface area is 591 Å². The largest absolute Gasteiger partial charge is 0.472 e. The topological polar surface area (TPSA) is 237 Å². The van der Waals surface area contributed by atoms with Crippen molar-refractivity contribution in [1.82, 2.24) is 0 Å². The monoisotopic (exact) mass is 1410 g/mol. The van der Waals surface area contributed by atoms with Gasteiger partial charge in [0.05, 0.1) is 39.3 Å². The number of aliphatic hydroxyl groups excluding tert-OH is 1. The van der Waals surface area contributed by atoms with Crippen LogP contribution >= 0.6 is 15.6 Å². The van der Waals surface area contributed by atoms with Crippen LogP contribution in [0.2, 0.25) is 0 Å². The van der Waals surface area contributed by atoms with Crippen molar-refractivity contribution >= 4 is 39.5 Å². The van der Waals surface area contributed by atoms with Gasteiger partial charge in [-0.1, -0.05) is 275 Å². The third kappa shape index (κ3) is 68.9. The highest BCUT2D eigenvalue weighted by Crippen LogP contribution is 2.45. The zero-order chi connectivity index (χ0) is 71.8. The lowest BCUT2D eigenvalue weighted by Crippen LogP contribution is -2.30. The lowest BCUT2D eigenvalue weighted by atomic mass is 10.1. The van der Waals surface area contributed by atoms with Crippen LogP contribution in [0.25, 0.3) is 0 Å². The lowest BCUT2D eigenvalue weighted by molar-refractivity contribution is -0.161. The van der Waals surface area contributed by atoms with Crippen LogP contribution < -0.4 is 0 Å². The van der Waals surface area contributed by atoms with Crippen molar-refractivity contribution in [3.05, 3.63) is 170 Å². The molecule has 0 saturated heterocycles. The molecule has 98 heavy (non-hydrogen) atoms. The zero-order valence-corrected chi connectivity index (χ0v) is 61.9. The SMILES string of the molecule is CC/C=C\C/C=C\C/C=C\C/C=C\C/C=C\CC(=O)OCC(COP(=O)(O)OCC(O)COP(=O)(O)OCC(COC(=O)CCCCCC/C=C\C/C=C\C/C=C\C/C=C\CC)OC(=O)CCCCCCCCCCCCC)OC(=O)C/C=C\C/C=C\C/C=C\C/C=C\C/C=C\CC. The molecular weight excluding hydrogens is 1280 g/mol. The Kier molecular flexibility index (Phi) is 65.9. The second-order valence-electron chi connectivity index (χ2n) is 23.4. The first-order chi connectivity index (χ1) is 47.7. The minimum atomic E-state index is -5.02. The molecule has 19 heteroatoms. The Bertz CT molecular complexity index is 2530. The van der Waals surface area contributed by atoms with Crippen molar-refractivity contribution < 1.29 is 80.2 Å². The molecule has 0 aromatic heterocycles. The summed E-state index contributed by atoms with van der Waals surface area (Å²) in [5, 5.41) is 10.6. The number of hydrogen-bond donors (Lipinski definition) is 3. The van der Waals surface area contributed by atoms with Gasteiger partial charge in [-0.2, -0.15) is 0 Å². The van der Waals surface area contributed by atoms with Gasteiger partial charge in [0.15, 0.2) is 12.2 Å². The van der Waals surface area contributed by atoms with E-state index in [1.807, 2.05) is 24.3 Å². The minimum absolute atomic E-state index is 0.0811. The summed E-state index contributed by atoms with van der Waals surface area (Å²) in [7, 11) is -10.0. The Morgan fingerprint density at radius 3 is 0.949 bits per heavy atom. The first-order valence-corrected chi connectivity index (χ1v) is 39.4. The number of phosphoric ester groups is 2. The Hall–Kier alpha value is -5.58. The van der Waals surface area contributed by atoms with Crippen molar-refractivity contribution in [1.29, 1.82) is 0 Å². The third-order valence-corrected chi connectivity index (χ3v) is 16.2. The maximum Gasteiger partial charge on any atom is 0.472 e. The van der Waals surface area contributed by atoms with Gasteiger partial charge in [0, 0.05) is 12.8 Å². The second kappa shape index (κ2) is 69.9. The van der Waals surface area contributed by atoms with Gasteiger partial charge in [-0.15, -0.1) is 0 Å². The van der Waals surface area contributed by atoms with Crippen LogP contribution in [-0.4, -0.2) is 96.7 Å². The van der Waals surface area contributed by atoms with E-state index in [-0.39, 0.29) is 25.7 Å². The van der Waals surface area contributed by atoms with Crippen LogP contribution in [0.1, 0.15) is 246 Å². The van der Waals surface area contributed by atoms with Crippen LogP contribution in [0.5, 0.6) is 0 Å². The van der Waals surface area contributed by atoms with E-state index in [4.69, 9.17) is 37.0 Å². The lowest BCUT2D eigenvalue weighted by Gasteiger charge is -2.21. The fourth-order valence-corrected chi connectivity index (χ4v) is 10.4. The van der Waals surface area contributed by atoms with Gasteiger partial charge in [-0.25, -0.2) is 9.13 Å². The van der Waals surface area contributed by atoms with E-state index in [1.54, 1.807) is 24.3 Å². The maximum atomic E-state index is 13.0. The first kappa shape index (κ1) is 92.4. The van der Waals surface area contributed by atoms with Crippen molar-refractivity contribution in [2.24, 2.45) is 0 Å². The summed E-state index contributed by atoms with van der Waals surface area (Å²) in [6, 6.07) is 0. The predicted octanol–water partition coefficient (Wildman–Crippen LogP) is 20.7. The van der Waals surface area contributed by atoms with Crippen LogP contribution in [0.4, 0.5) is 0 Å². The number of carbonyl (C=O) groups is 4. The molecule has 5 unspecified atom stereocenters. The molecule has 0 aliphatic carbocycles. The highest BCUT2D eigenvalue weighted by atomic mass is 31.2. The summed E-state index contributed by atoms with van der Waals surface area (Å²) < 4.78 is 68.0. The zero-order valence-electron chi connectivity index (χ0n) is 60.1. The number of phosphoric acid groups is 2. The van der Waals surface area contributed by atoms with Gasteiger partial charge >= 0.3 is 39.5 Å². The molecular formula is C79H126O17P2. The molecule has 0 aliphatic heterocycles. The van der Waals surface area contributed by atoms with Crippen LogP contribution in [0.15, 0.2) is 170 Å². The van der Waals surface area contributed by atoms with Crippen molar-refractivity contribution in [2.75, 3.05) is 39.6 Å². The smallest absolute Gasteiger partial charge is 0.462 e. The molecule has 0 aromatic rings. The number of unbranched alkanes of at least 4 members (excludes halogenated alkanes) is 14. The van der Waals surface area contributed by atoms with Gasteiger partial charge in [-0.3, -0.25) is 37.3 Å². The highest BCUT2D eigenvalue weighted by molar-refractivity contribution is 7.47. The van der Waals surface area contributed by atoms with E-state index in [0.717, 1.165) is 128 Å². The van der Waals surface area contributed by atoms with Gasteiger partial charge in [-0.05, 0) is 116 Å². The van der Waals surface area contributed by atoms with Gasteiger partial charge < -0.3 is 33.8 Å². The van der Waals surface area contributed by atoms with Crippen molar-refractivity contribution in [2.45, 2.75) is 264 Å². The van der Waals surface area contributed by atoms with Crippen LogP contribution in [-0.2, 0) is 65.4 Å². The molecule has 3 N–H and O–H groups in total. The van der Waals surface area contributed by atoms with Crippen LogP contribution in [0.3, 0.4) is 0 Å². The van der Waals surface area contributed by atoms with Crippen molar-refractivity contribution in [3.8, 4) is 0 Å². The quantitative estimate of drug-likeness (QED) is 0.0169. The Balaban J connectivity index is 5.50. The number of allylic oxidation sites excluding steroid dienone is 26. The second-order valence-corrected chi connectivity index (χ2v) is 26.3. The molecule has 554 valence electrons. The molecule has 5 atom stereocenters. The molecule has 0 saturated carbocycles. The summed E-state index contributed by atoms with van der Waals surface area (Å²) in [5.74, 6) is -2.52. The van der Waals surface area contributed by atoms with Gasteiger partial charge in [0.2, 0.25) is 0 Å². The minimum Gasteiger partial charge on any atom is -0.462 e. The predicted molar refractivity (Wildman–Crippen MR) is 399 cm³/mol. The Morgan fingerprint density at radius 1 is 0.306 bits per heavy atom. The molecule has 0 aliphatic rings. The van der Waals surface area contributed by atoms with E-state index in [1.165, 1.54) is 38.5 Å². The molecule has 0 spiro atoms. The van der Waals surface area contributed by atoms with Crippen LogP contribution in [0, 0.1) is 0 Å². The molecule has 0 rings (SSSR count). The van der Waals surface area contributed by atoms with Gasteiger partial charge in [0.1, 0.15) is 19.3 Å². The molecule has 0 bridgehead atoms. The maximum absolute atomic E-state index is 13.0. The number of carbonyl (C=O) groups excluding carboxylic acids is 4. The molecule has 0 amide bonds. The fourth-order valence-electron chi connectivity index (χ4n) is 8.83. The summed E-state index contributed by atoms with van der Waals surface area (Å²) in [5.41, 5.74) is 0. The summed E-state index contributed by atoms with van der Waals surface area (Å²) in [6.45, 7) is 4.22. The number of esters is 4. The Morgan fingerprint density at radius 2 is 0.582 bits per heavy atom. The average Bonchev–Trinajstić information content (AvgIpc) is 0.982. The summed E-state index contributed by atoms with van der Waals surface area (Å²) in [4.78, 5) is 72.6. The van der Waals surface area contributed by atoms with E-state index in [2.05, 4.69) is 149 Å².